The van der Waals surface area contributed by atoms with Crippen LogP contribution in [0.2, 0.25) is 0 Å². The molecule has 4 heteroatoms. The normalized spacial score (nSPS) is 11.4. The van der Waals surface area contributed by atoms with Crippen LogP contribution in [0.25, 0.3) is 0 Å². The van der Waals surface area contributed by atoms with Gasteiger partial charge in [0.2, 0.25) is 0 Å². The van der Waals surface area contributed by atoms with E-state index in [-0.39, 0.29) is 5.91 Å². The molecule has 0 bridgehead atoms. The number of carbonyl (C=O) groups excluding carboxylic acids is 1. The van der Waals surface area contributed by atoms with Crippen molar-refractivity contribution in [3.63, 3.8) is 0 Å². The molecule has 2 N–H and O–H groups in total. The van der Waals surface area contributed by atoms with Gasteiger partial charge in [-0.15, -0.1) is 0 Å². The molecular formula is C20H24N2O2. The summed E-state index contributed by atoms with van der Waals surface area (Å²) in [6.07, 6.45) is 0.970. The number of ether oxygens (including phenoxy) is 1. The molecule has 0 aliphatic carbocycles. The maximum absolute atomic E-state index is 12.1. The van der Waals surface area contributed by atoms with Crippen LogP contribution in [0.5, 0.6) is 5.75 Å². The van der Waals surface area contributed by atoms with E-state index in [1.54, 1.807) is 12.1 Å². The van der Waals surface area contributed by atoms with E-state index in [2.05, 4.69) is 31.3 Å². The van der Waals surface area contributed by atoms with E-state index in [0.29, 0.717) is 18.1 Å². The van der Waals surface area contributed by atoms with E-state index in [4.69, 9.17) is 4.74 Å². The molecular weight excluding hydrogens is 300 g/mol. The van der Waals surface area contributed by atoms with Crippen LogP contribution in [0.4, 0.5) is 0 Å². The monoisotopic (exact) mass is 324 g/mol. The van der Waals surface area contributed by atoms with Gasteiger partial charge in [-0.25, -0.2) is 0 Å². The SMILES string of the molecule is C=C(NNC(=O)c1ccc(COc2ccccc2)cc1)[C@@H](C)CC. The second kappa shape index (κ2) is 8.77. The highest BCUT2D eigenvalue weighted by Gasteiger charge is 2.08. The molecule has 1 amide bonds. The number of hydrazine groups is 1. The lowest BCUT2D eigenvalue weighted by molar-refractivity contribution is 0.0937. The molecule has 0 saturated carbocycles. The van der Waals surface area contributed by atoms with Crippen molar-refractivity contribution in [2.45, 2.75) is 26.9 Å². The van der Waals surface area contributed by atoms with Gasteiger partial charge in [-0.1, -0.05) is 50.8 Å². The zero-order valence-electron chi connectivity index (χ0n) is 14.2. The Kier molecular flexibility index (Phi) is 6.43. The second-order valence-electron chi connectivity index (χ2n) is 5.71. The van der Waals surface area contributed by atoms with Gasteiger partial charge in [0, 0.05) is 11.3 Å². The Morgan fingerprint density at radius 3 is 2.38 bits per heavy atom. The predicted octanol–water partition coefficient (Wildman–Crippen LogP) is 4.06. The van der Waals surface area contributed by atoms with Crippen molar-refractivity contribution < 1.29 is 9.53 Å². The largest absolute Gasteiger partial charge is 0.489 e. The summed E-state index contributed by atoms with van der Waals surface area (Å²) in [4.78, 5) is 12.1. The van der Waals surface area contributed by atoms with E-state index in [0.717, 1.165) is 23.4 Å². The summed E-state index contributed by atoms with van der Waals surface area (Å²) in [5.74, 6) is 0.949. The van der Waals surface area contributed by atoms with Gasteiger partial charge >= 0.3 is 0 Å². The second-order valence-corrected chi connectivity index (χ2v) is 5.71. The minimum Gasteiger partial charge on any atom is -0.489 e. The van der Waals surface area contributed by atoms with E-state index < -0.39 is 0 Å². The first kappa shape index (κ1) is 17.6. The summed E-state index contributed by atoms with van der Waals surface area (Å²) in [5, 5.41) is 0. The number of benzene rings is 2. The van der Waals surface area contributed by atoms with Gasteiger partial charge in [0.25, 0.3) is 5.91 Å². The smallest absolute Gasteiger partial charge is 0.269 e. The van der Waals surface area contributed by atoms with E-state index in [9.17, 15) is 4.79 Å². The summed E-state index contributed by atoms with van der Waals surface area (Å²) in [7, 11) is 0. The van der Waals surface area contributed by atoms with Gasteiger partial charge in [0.15, 0.2) is 0 Å². The Labute approximate surface area is 143 Å². The molecule has 4 nitrogen and oxygen atoms in total. The molecule has 0 radical (unpaired) electrons. The fraction of sp³-hybridized carbons (Fsp3) is 0.250. The topological polar surface area (TPSA) is 50.4 Å². The van der Waals surface area contributed by atoms with Gasteiger partial charge in [0.05, 0.1) is 0 Å². The first-order valence-electron chi connectivity index (χ1n) is 8.12. The summed E-state index contributed by atoms with van der Waals surface area (Å²) < 4.78 is 5.69. The quantitative estimate of drug-likeness (QED) is 0.720. The molecule has 126 valence electrons. The lowest BCUT2D eigenvalue weighted by Crippen LogP contribution is -2.38. The van der Waals surface area contributed by atoms with Gasteiger partial charge in [-0.3, -0.25) is 10.2 Å². The lowest BCUT2D eigenvalue weighted by atomic mass is 10.1. The van der Waals surface area contributed by atoms with Crippen LogP contribution in [-0.4, -0.2) is 5.91 Å². The maximum atomic E-state index is 12.1. The van der Waals surface area contributed by atoms with Crippen LogP contribution in [0.3, 0.4) is 0 Å². The molecule has 0 fully saturated rings. The summed E-state index contributed by atoms with van der Waals surface area (Å²) >= 11 is 0. The number of nitrogens with one attached hydrogen (secondary N) is 2. The van der Waals surface area contributed by atoms with E-state index in [1.807, 2.05) is 42.5 Å². The Bertz CT molecular complexity index is 666. The number of amides is 1. The van der Waals surface area contributed by atoms with Crippen molar-refractivity contribution in [3.05, 3.63) is 78.0 Å². The van der Waals surface area contributed by atoms with Crippen LogP contribution < -0.4 is 15.6 Å². The fourth-order valence-corrected chi connectivity index (χ4v) is 2.01. The van der Waals surface area contributed by atoms with Crippen LogP contribution in [0.1, 0.15) is 36.2 Å². The lowest BCUT2D eigenvalue weighted by Gasteiger charge is -2.15. The maximum Gasteiger partial charge on any atom is 0.269 e. The van der Waals surface area contributed by atoms with Crippen LogP contribution in [0.15, 0.2) is 66.9 Å². The van der Waals surface area contributed by atoms with Crippen LogP contribution in [-0.2, 0) is 6.61 Å². The average Bonchev–Trinajstić information content (AvgIpc) is 2.64. The summed E-state index contributed by atoms with van der Waals surface area (Å²) in [6, 6.07) is 17.0. The first-order valence-corrected chi connectivity index (χ1v) is 8.12. The molecule has 0 aliphatic heterocycles. The molecule has 2 aromatic rings. The Morgan fingerprint density at radius 2 is 1.75 bits per heavy atom. The number of hydrogen-bond acceptors (Lipinski definition) is 3. The highest BCUT2D eigenvalue weighted by Crippen LogP contribution is 2.12. The minimum atomic E-state index is -0.185. The average molecular weight is 324 g/mol. The standard InChI is InChI=1S/C20H24N2O2/c1-4-15(2)16(3)21-22-20(23)18-12-10-17(11-13-18)14-24-19-8-6-5-7-9-19/h5-13,15,21H,3-4,14H2,1-2H3,(H,22,23)/t15-/m0/s1. The van der Waals surface area contributed by atoms with Gasteiger partial charge in [-0.05, 0) is 42.2 Å². The van der Waals surface area contributed by atoms with E-state index in [1.165, 1.54) is 0 Å². The van der Waals surface area contributed by atoms with Crippen molar-refractivity contribution in [2.75, 3.05) is 0 Å². The zero-order chi connectivity index (χ0) is 17.4. The molecule has 0 aliphatic rings. The van der Waals surface area contributed by atoms with Crippen LogP contribution in [0, 0.1) is 5.92 Å². The minimum absolute atomic E-state index is 0.185. The first-order chi connectivity index (χ1) is 11.6. The molecule has 0 heterocycles. The molecule has 24 heavy (non-hydrogen) atoms. The van der Waals surface area contributed by atoms with Crippen molar-refractivity contribution in [1.82, 2.24) is 10.9 Å². The molecule has 0 aromatic heterocycles. The number of hydrogen-bond donors (Lipinski definition) is 2. The number of rotatable bonds is 8. The zero-order valence-corrected chi connectivity index (χ0v) is 14.2. The van der Waals surface area contributed by atoms with Crippen LogP contribution >= 0.6 is 0 Å². The van der Waals surface area contributed by atoms with Crippen molar-refractivity contribution >= 4 is 5.91 Å². The highest BCUT2D eigenvalue weighted by molar-refractivity contribution is 5.93. The summed E-state index contributed by atoms with van der Waals surface area (Å²) in [5.41, 5.74) is 7.94. The van der Waals surface area contributed by atoms with Gasteiger partial charge in [-0.2, -0.15) is 0 Å². The van der Waals surface area contributed by atoms with Crippen molar-refractivity contribution in [3.8, 4) is 5.75 Å². The number of allylic oxidation sites excluding steroid dienone is 1. The molecule has 2 aromatic carbocycles. The van der Waals surface area contributed by atoms with Crippen molar-refractivity contribution in [2.24, 2.45) is 5.92 Å². The molecule has 0 unspecified atom stereocenters. The Morgan fingerprint density at radius 1 is 1.08 bits per heavy atom. The fourth-order valence-electron chi connectivity index (χ4n) is 2.01. The third-order valence-corrected chi connectivity index (χ3v) is 3.91. The molecule has 0 saturated heterocycles. The Balaban J connectivity index is 1.84. The van der Waals surface area contributed by atoms with Gasteiger partial charge < -0.3 is 10.2 Å². The number of carbonyl (C=O) groups is 1. The van der Waals surface area contributed by atoms with Gasteiger partial charge in [0.1, 0.15) is 12.4 Å². The van der Waals surface area contributed by atoms with E-state index >= 15 is 0 Å². The predicted molar refractivity (Wildman–Crippen MR) is 96.4 cm³/mol. The third-order valence-electron chi connectivity index (χ3n) is 3.91. The third kappa shape index (κ3) is 5.16. The molecule has 1 atom stereocenters. The number of para-hydroxylation sites is 1. The molecule has 2 rings (SSSR count). The Hall–Kier alpha value is -2.75. The highest BCUT2D eigenvalue weighted by atomic mass is 16.5. The van der Waals surface area contributed by atoms with Crippen molar-refractivity contribution in [1.29, 1.82) is 0 Å². The summed E-state index contributed by atoms with van der Waals surface area (Å²) in [6.45, 7) is 8.52. The molecule has 0 spiro atoms.